The van der Waals surface area contributed by atoms with Gasteiger partial charge in [0.1, 0.15) is 0 Å². The maximum atomic E-state index is 3.78. The van der Waals surface area contributed by atoms with Gasteiger partial charge in [0.15, 0.2) is 0 Å². The molecule has 0 aromatic heterocycles. The Bertz CT molecular complexity index is 454. The summed E-state index contributed by atoms with van der Waals surface area (Å²) in [6.45, 7) is 3.78. The second-order valence-electron chi connectivity index (χ2n) is 3.83. The topological polar surface area (TPSA) is 0 Å². The van der Waals surface area contributed by atoms with E-state index in [9.17, 15) is 0 Å². The van der Waals surface area contributed by atoms with Crippen LogP contribution in [0.25, 0.3) is 0 Å². The summed E-state index contributed by atoms with van der Waals surface area (Å²) in [4.78, 5) is 0. The van der Waals surface area contributed by atoms with Crippen molar-refractivity contribution >= 4 is 0 Å². The van der Waals surface area contributed by atoms with E-state index in [1.54, 1.807) is 0 Å². The lowest BCUT2D eigenvalue weighted by Gasteiger charge is -2.07. The predicted octanol–water partition coefficient (Wildman–Crippen LogP) is 3.81. The van der Waals surface area contributed by atoms with Gasteiger partial charge in [0, 0.05) is 0 Å². The Morgan fingerprint density at radius 2 is 1.88 bits per heavy atom. The van der Waals surface area contributed by atoms with E-state index in [1.807, 2.05) is 24.3 Å². The smallest absolute Gasteiger partial charge is 0.00227 e. The lowest BCUT2D eigenvalue weighted by atomic mass is 9.98. The number of benzene rings is 2. The molecule has 0 heteroatoms. The molecule has 16 heavy (non-hydrogen) atoms. The molecule has 0 saturated heterocycles. The summed E-state index contributed by atoms with van der Waals surface area (Å²) in [6.07, 6.45) is 3.80. The zero-order valence-electron chi connectivity index (χ0n) is 9.32. The molecule has 0 saturated carbocycles. The van der Waals surface area contributed by atoms with E-state index < -0.39 is 0 Å². The summed E-state index contributed by atoms with van der Waals surface area (Å²) in [5.41, 5.74) is 3.93. The normalized spacial score (nSPS) is 10.0. The second-order valence-corrected chi connectivity index (χ2v) is 3.83. The van der Waals surface area contributed by atoms with Gasteiger partial charge in [-0.15, -0.1) is 6.58 Å². The molecular weight excluding hydrogens is 192 g/mol. The summed E-state index contributed by atoms with van der Waals surface area (Å²) in [5.74, 6) is 0. The molecule has 0 unspecified atom stereocenters. The maximum absolute atomic E-state index is 3.78. The highest BCUT2D eigenvalue weighted by atomic mass is 14.1. The van der Waals surface area contributed by atoms with Gasteiger partial charge in [-0.3, -0.25) is 0 Å². The summed E-state index contributed by atoms with van der Waals surface area (Å²) in [7, 11) is 0. The zero-order chi connectivity index (χ0) is 11.2. The van der Waals surface area contributed by atoms with Crippen molar-refractivity contribution in [2.45, 2.75) is 12.8 Å². The van der Waals surface area contributed by atoms with Gasteiger partial charge in [0.2, 0.25) is 0 Å². The van der Waals surface area contributed by atoms with Crippen LogP contribution in [0.3, 0.4) is 0 Å². The second kappa shape index (κ2) is 5.32. The highest BCUT2D eigenvalue weighted by molar-refractivity contribution is 5.33. The molecule has 0 nitrogen and oxygen atoms in total. The third-order valence-corrected chi connectivity index (χ3v) is 2.62. The minimum Gasteiger partial charge on any atom is -0.103 e. The van der Waals surface area contributed by atoms with Crippen LogP contribution in [-0.2, 0) is 12.8 Å². The van der Waals surface area contributed by atoms with Crippen LogP contribution in [0.15, 0.2) is 61.2 Å². The Morgan fingerprint density at radius 1 is 1.06 bits per heavy atom. The van der Waals surface area contributed by atoms with Crippen molar-refractivity contribution < 1.29 is 0 Å². The first kappa shape index (κ1) is 10.7. The summed E-state index contributed by atoms with van der Waals surface area (Å²) >= 11 is 0. The minimum absolute atomic E-state index is 0.892. The summed E-state index contributed by atoms with van der Waals surface area (Å²) < 4.78 is 0. The molecule has 0 atom stereocenters. The van der Waals surface area contributed by atoms with E-state index in [1.165, 1.54) is 16.7 Å². The van der Waals surface area contributed by atoms with Crippen molar-refractivity contribution in [2.24, 2.45) is 0 Å². The molecule has 1 radical (unpaired) electrons. The van der Waals surface area contributed by atoms with Crippen LogP contribution in [0, 0.1) is 6.07 Å². The largest absolute Gasteiger partial charge is 0.103 e. The van der Waals surface area contributed by atoms with Crippen LogP contribution in [0.5, 0.6) is 0 Å². The quantitative estimate of drug-likeness (QED) is 0.669. The number of hydrogen-bond acceptors (Lipinski definition) is 0. The molecule has 0 heterocycles. The van der Waals surface area contributed by atoms with Crippen LogP contribution in [0.1, 0.15) is 16.7 Å². The van der Waals surface area contributed by atoms with Crippen LogP contribution < -0.4 is 0 Å². The Kier molecular flexibility index (Phi) is 3.55. The third-order valence-electron chi connectivity index (χ3n) is 2.62. The third kappa shape index (κ3) is 2.60. The Labute approximate surface area is 97.3 Å². The number of allylic oxidation sites excluding steroid dienone is 1. The molecule has 2 aromatic rings. The monoisotopic (exact) mass is 207 g/mol. The Morgan fingerprint density at radius 3 is 2.62 bits per heavy atom. The first-order valence-corrected chi connectivity index (χ1v) is 5.53. The van der Waals surface area contributed by atoms with E-state index >= 15 is 0 Å². The summed E-state index contributed by atoms with van der Waals surface area (Å²) in [5, 5.41) is 0. The Balaban J connectivity index is 2.24. The van der Waals surface area contributed by atoms with Crippen molar-refractivity contribution in [3.05, 3.63) is 83.9 Å². The first-order chi connectivity index (χ1) is 7.90. The van der Waals surface area contributed by atoms with E-state index in [4.69, 9.17) is 0 Å². The molecule has 0 aliphatic carbocycles. The molecule has 2 aromatic carbocycles. The lowest BCUT2D eigenvalue weighted by Crippen LogP contribution is -1.94. The van der Waals surface area contributed by atoms with Gasteiger partial charge >= 0.3 is 0 Å². The highest BCUT2D eigenvalue weighted by Gasteiger charge is 2.01. The lowest BCUT2D eigenvalue weighted by molar-refractivity contribution is 1.11. The van der Waals surface area contributed by atoms with E-state index in [0.29, 0.717) is 0 Å². The fourth-order valence-corrected chi connectivity index (χ4v) is 1.82. The van der Waals surface area contributed by atoms with Gasteiger partial charge in [-0.05, 0) is 35.6 Å². The molecule has 0 aliphatic rings. The van der Waals surface area contributed by atoms with Crippen molar-refractivity contribution in [1.29, 1.82) is 0 Å². The van der Waals surface area contributed by atoms with Gasteiger partial charge in [-0.1, -0.05) is 54.6 Å². The molecule has 0 aliphatic heterocycles. The van der Waals surface area contributed by atoms with Gasteiger partial charge in [0.05, 0.1) is 0 Å². The fourth-order valence-electron chi connectivity index (χ4n) is 1.82. The van der Waals surface area contributed by atoms with Crippen LogP contribution >= 0.6 is 0 Å². The Hall–Kier alpha value is -1.82. The predicted molar refractivity (Wildman–Crippen MR) is 68.4 cm³/mol. The van der Waals surface area contributed by atoms with E-state index in [-0.39, 0.29) is 0 Å². The van der Waals surface area contributed by atoms with Gasteiger partial charge in [-0.25, -0.2) is 0 Å². The van der Waals surface area contributed by atoms with Crippen molar-refractivity contribution in [3.8, 4) is 0 Å². The fraction of sp³-hybridized carbons (Fsp3) is 0.125. The molecule has 0 fully saturated rings. The average molecular weight is 207 g/mol. The van der Waals surface area contributed by atoms with Crippen LogP contribution in [-0.4, -0.2) is 0 Å². The molecule has 2 rings (SSSR count). The van der Waals surface area contributed by atoms with E-state index in [0.717, 1.165) is 12.8 Å². The van der Waals surface area contributed by atoms with Crippen molar-refractivity contribution in [1.82, 2.24) is 0 Å². The summed E-state index contributed by atoms with van der Waals surface area (Å²) in [6, 6.07) is 20.0. The molecular formula is C16H15. The number of hydrogen-bond donors (Lipinski definition) is 0. The SMILES string of the molecule is C=CCc1[c]cccc1Cc1ccccc1. The van der Waals surface area contributed by atoms with Gasteiger partial charge in [0.25, 0.3) is 0 Å². The van der Waals surface area contributed by atoms with Crippen LogP contribution in [0.2, 0.25) is 0 Å². The number of rotatable bonds is 4. The average Bonchev–Trinajstić information content (AvgIpc) is 2.33. The molecule has 79 valence electrons. The zero-order valence-corrected chi connectivity index (χ0v) is 9.32. The highest BCUT2D eigenvalue weighted by Crippen LogP contribution is 2.14. The standard InChI is InChI=1S/C16H15/c1-2-8-15-11-6-7-12-16(15)13-14-9-4-3-5-10-14/h2-7,9-10,12H,1,8,13H2. The maximum Gasteiger partial charge on any atom is -0.00227 e. The van der Waals surface area contributed by atoms with Gasteiger partial charge in [-0.2, -0.15) is 0 Å². The molecule has 0 N–H and O–H groups in total. The molecule has 0 bridgehead atoms. The first-order valence-electron chi connectivity index (χ1n) is 5.53. The van der Waals surface area contributed by atoms with Crippen molar-refractivity contribution in [2.75, 3.05) is 0 Å². The van der Waals surface area contributed by atoms with Crippen LogP contribution in [0.4, 0.5) is 0 Å². The van der Waals surface area contributed by atoms with E-state index in [2.05, 4.69) is 43.0 Å². The molecule has 0 amide bonds. The molecule has 0 spiro atoms. The van der Waals surface area contributed by atoms with Gasteiger partial charge < -0.3 is 0 Å². The van der Waals surface area contributed by atoms with Crippen molar-refractivity contribution in [3.63, 3.8) is 0 Å². The minimum atomic E-state index is 0.892.